The summed E-state index contributed by atoms with van der Waals surface area (Å²) in [7, 11) is 0. The van der Waals surface area contributed by atoms with Gasteiger partial charge in [-0.15, -0.1) is 0 Å². The van der Waals surface area contributed by atoms with Crippen LogP contribution in [0.4, 0.5) is 0 Å². The summed E-state index contributed by atoms with van der Waals surface area (Å²) in [6.07, 6.45) is 0. The van der Waals surface area contributed by atoms with Crippen LogP contribution in [0.3, 0.4) is 0 Å². The standard InChI is InChI=1S/C19H18N2O4/c1-3-24-18(22)13-9-11-14(12-10-13)21-17(19(23)25-4-2)15-7-5-6-8-16(15)20-21/h5-12H,3-4H2,1-2H3. The van der Waals surface area contributed by atoms with Gasteiger partial charge in [-0.1, -0.05) is 18.2 Å². The van der Waals surface area contributed by atoms with E-state index in [0.717, 1.165) is 5.39 Å². The maximum atomic E-state index is 12.4. The van der Waals surface area contributed by atoms with E-state index in [2.05, 4.69) is 5.10 Å². The predicted molar refractivity (Wildman–Crippen MR) is 93.0 cm³/mol. The molecule has 2 aromatic carbocycles. The molecule has 25 heavy (non-hydrogen) atoms. The lowest BCUT2D eigenvalue weighted by Crippen LogP contribution is -2.12. The summed E-state index contributed by atoms with van der Waals surface area (Å²) >= 11 is 0. The van der Waals surface area contributed by atoms with E-state index < -0.39 is 5.97 Å². The second-order valence-electron chi connectivity index (χ2n) is 5.27. The minimum absolute atomic E-state index is 0.278. The molecule has 0 fully saturated rings. The third kappa shape index (κ3) is 3.24. The third-order valence-corrected chi connectivity index (χ3v) is 3.67. The van der Waals surface area contributed by atoms with Gasteiger partial charge in [-0.3, -0.25) is 0 Å². The Morgan fingerprint density at radius 2 is 1.56 bits per heavy atom. The zero-order valence-electron chi connectivity index (χ0n) is 14.1. The van der Waals surface area contributed by atoms with Crippen molar-refractivity contribution in [3.63, 3.8) is 0 Å². The molecule has 0 N–H and O–H groups in total. The summed E-state index contributed by atoms with van der Waals surface area (Å²) < 4.78 is 11.7. The molecule has 1 aromatic heterocycles. The van der Waals surface area contributed by atoms with Crippen molar-refractivity contribution in [2.24, 2.45) is 0 Å². The van der Waals surface area contributed by atoms with Gasteiger partial charge in [0.25, 0.3) is 0 Å². The van der Waals surface area contributed by atoms with Crippen molar-refractivity contribution >= 4 is 22.8 Å². The number of nitrogens with zero attached hydrogens (tertiary/aromatic N) is 2. The fraction of sp³-hybridized carbons (Fsp3) is 0.211. The summed E-state index contributed by atoms with van der Waals surface area (Å²) in [5, 5.41) is 5.21. The van der Waals surface area contributed by atoms with Crippen LogP contribution in [0.5, 0.6) is 0 Å². The first-order valence-corrected chi connectivity index (χ1v) is 8.08. The average Bonchev–Trinajstić information content (AvgIpc) is 3.02. The lowest BCUT2D eigenvalue weighted by molar-refractivity contribution is 0.0511. The summed E-state index contributed by atoms with van der Waals surface area (Å²) in [4.78, 5) is 24.2. The number of benzene rings is 2. The molecular weight excluding hydrogens is 320 g/mol. The molecule has 0 radical (unpaired) electrons. The Bertz CT molecular complexity index is 913. The van der Waals surface area contributed by atoms with E-state index in [1.165, 1.54) is 4.68 Å². The highest BCUT2D eigenvalue weighted by Crippen LogP contribution is 2.23. The summed E-state index contributed by atoms with van der Waals surface area (Å²) in [5.74, 6) is -0.823. The summed E-state index contributed by atoms with van der Waals surface area (Å²) in [6.45, 7) is 4.11. The van der Waals surface area contributed by atoms with Gasteiger partial charge in [0.2, 0.25) is 0 Å². The largest absolute Gasteiger partial charge is 0.462 e. The number of hydrogen-bond donors (Lipinski definition) is 0. The molecule has 0 spiro atoms. The van der Waals surface area contributed by atoms with Crippen LogP contribution in [0.2, 0.25) is 0 Å². The molecule has 0 bridgehead atoms. The lowest BCUT2D eigenvalue weighted by atomic mass is 10.2. The van der Waals surface area contributed by atoms with Crippen LogP contribution in [0, 0.1) is 0 Å². The second kappa shape index (κ2) is 7.17. The molecule has 0 aliphatic rings. The minimum atomic E-state index is -0.439. The van der Waals surface area contributed by atoms with E-state index in [0.29, 0.717) is 29.1 Å². The quantitative estimate of drug-likeness (QED) is 0.667. The summed E-state index contributed by atoms with van der Waals surface area (Å²) in [5.41, 5.74) is 2.16. The first-order chi connectivity index (χ1) is 12.2. The molecule has 0 atom stereocenters. The van der Waals surface area contributed by atoms with Gasteiger partial charge in [0.15, 0.2) is 5.69 Å². The van der Waals surface area contributed by atoms with Gasteiger partial charge in [-0.2, -0.15) is 5.10 Å². The Kier molecular flexibility index (Phi) is 4.79. The number of hydrogen-bond acceptors (Lipinski definition) is 5. The van der Waals surface area contributed by atoms with Gasteiger partial charge in [-0.25, -0.2) is 14.3 Å². The molecular formula is C19H18N2O4. The van der Waals surface area contributed by atoms with Gasteiger partial charge in [-0.05, 0) is 44.2 Å². The highest BCUT2D eigenvalue weighted by atomic mass is 16.5. The van der Waals surface area contributed by atoms with E-state index in [1.807, 2.05) is 24.3 Å². The number of ether oxygens (including phenoxy) is 2. The van der Waals surface area contributed by atoms with Crippen molar-refractivity contribution in [2.45, 2.75) is 13.8 Å². The third-order valence-electron chi connectivity index (χ3n) is 3.67. The zero-order chi connectivity index (χ0) is 17.8. The van der Waals surface area contributed by atoms with Crippen LogP contribution in [0.1, 0.15) is 34.7 Å². The van der Waals surface area contributed by atoms with Crippen molar-refractivity contribution in [3.8, 4) is 5.69 Å². The van der Waals surface area contributed by atoms with Crippen molar-refractivity contribution in [3.05, 3.63) is 59.8 Å². The van der Waals surface area contributed by atoms with Crippen LogP contribution in [0.15, 0.2) is 48.5 Å². The molecule has 6 nitrogen and oxygen atoms in total. The summed E-state index contributed by atoms with van der Waals surface area (Å²) in [6, 6.07) is 14.1. The fourth-order valence-electron chi connectivity index (χ4n) is 2.57. The molecule has 6 heteroatoms. The van der Waals surface area contributed by atoms with Gasteiger partial charge < -0.3 is 9.47 Å². The zero-order valence-corrected chi connectivity index (χ0v) is 14.1. The van der Waals surface area contributed by atoms with E-state index in [4.69, 9.17) is 9.47 Å². The number of rotatable bonds is 5. The number of esters is 2. The monoisotopic (exact) mass is 338 g/mol. The van der Waals surface area contributed by atoms with E-state index in [1.54, 1.807) is 38.1 Å². The molecule has 3 rings (SSSR count). The molecule has 3 aromatic rings. The number of aromatic nitrogens is 2. The van der Waals surface area contributed by atoms with Crippen LogP contribution < -0.4 is 0 Å². The topological polar surface area (TPSA) is 70.4 Å². The van der Waals surface area contributed by atoms with E-state index in [-0.39, 0.29) is 12.6 Å². The molecule has 128 valence electrons. The second-order valence-corrected chi connectivity index (χ2v) is 5.27. The van der Waals surface area contributed by atoms with Crippen molar-refractivity contribution in [1.29, 1.82) is 0 Å². The van der Waals surface area contributed by atoms with E-state index >= 15 is 0 Å². The van der Waals surface area contributed by atoms with Crippen LogP contribution >= 0.6 is 0 Å². The Morgan fingerprint density at radius 3 is 2.24 bits per heavy atom. The van der Waals surface area contributed by atoms with Gasteiger partial charge in [0.05, 0.1) is 30.0 Å². The van der Waals surface area contributed by atoms with Crippen molar-refractivity contribution in [1.82, 2.24) is 9.78 Å². The Labute approximate surface area is 145 Å². The SMILES string of the molecule is CCOC(=O)c1ccc(-n2nc3ccccc3c2C(=O)OCC)cc1. The highest BCUT2D eigenvalue weighted by molar-refractivity contribution is 6.02. The number of fused-ring (bicyclic) bond motifs is 1. The van der Waals surface area contributed by atoms with E-state index in [9.17, 15) is 9.59 Å². The average molecular weight is 338 g/mol. The fourth-order valence-corrected chi connectivity index (χ4v) is 2.57. The van der Waals surface area contributed by atoms with Crippen LogP contribution in [-0.4, -0.2) is 34.9 Å². The molecule has 0 saturated heterocycles. The van der Waals surface area contributed by atoms with Crippen LogP contribution in [0.25, 0.3) is 16.6 Å². The van der Waals surface area contributed by atoms with Crippen molar-refractivity contribution < 1.29 is 19.1 Å². The molecule has 0 amide bonds. The highest BCUT2D eigenvalue weighted by Gasteiger charge is 2.20. The van der Waals surface area contributed by atoms with Gasteiger partial charge >= 0.3 is 11.9 Å². The Morgan fingerprint density at radius 1 is 0.920 bits per heavy atom. The number of carbonyl (C=O) groups is 2. The van der Waals surface area contributed by atoms with Crippen LogP contribution in [-0.2, 0) is 9.47 Å². The lowest BCUT2D eigenvalue weighted by Gasteiger charge is -2.08. The molecule has 0 aliphatic heterocycles. The first kappa shape index (κ1) is 16.7. The molecule has 0 unspecified atom stereocenters. The first-order valence-electron chi connectivity index (χ1n) is 8.08. The predicted octanol–water partition coefficient (Wildman–Crippen LogP) is 3.38. The molecule has 0 aliphatic carbocycles. The Hall–Kier alpha value is -3.15. The van der Waals surface area contributed by atoms with Gasteiger partial charge in [0.1, 0.15) is 0 Å². The Balaban J connectivity index is 2.07. The normalized spacial score (nSPS) is 10.6. The minimum Gasteiger partial charge on any atom is -0.462 e. The number of carbonyl (C=O) groups excluding carboxylic acids is 2. The maximum Gasteiger partial charge on any atom is 0.357 e. The molecule has 0 saturated carbocycles. The van der Waals surface area contributed by atoms with Crippen molar-refractivity contribution in [2.75, 3.05) is 13.2 Å². The molecule has 1 heterocycles. The van der Waals surface area contributed by atoms with Gasteiger partial charge in [0, 0.05) is 5.39 Å². The smallest absolute Gasteiger partial charge is 0.357 e. The maximum absolute atomic E-state index is 12.4.